The standard InChI is InChI=1S/C29H25NO2S/c1-32-25-19-17-24(18-20-25)29(33-26-15-9-4-10-16-26)27(23-13-7-3-8-14-23)30(28(29)31)21-22-11-5-2-6-12-22/h2-20,27H,21H2,1H3/t27-,29-/m1/s1. The van der Waals surface area contributed by atoms with E-state index in [0.717, 1.165) is 27.3 Å². The Morgan fingerprint density at radius 2 is 1.36 bits per heavy atom. The van der Waals surface area contributed by atoms with Crippen molar-refractivity contribution in [3.8, 4) is 5.75 Å². The third-order valence-corrected chi connectivity index (χ3v) is 7.59. The van der Waals surface area contributed by atoms with Crippen LogP contribution in [-0.4, -0.2) is 17.9 Å². The van der Waals surface area contributed by atoms with Crippen molar-refractivity contribution in [2.24, 2.45) is 0 Å². The maximum atomic E-state index is 14.1. The number of amides is 1. The number of nitrogens with zero attached hydrogens (tertiary/aromatic N) is 1. The van der Waals surface area contributed by atoms with Gasteiger partial charge in [-0.15, -0.1) is 11.8 Å². The van der Waals surface area contributed by atoms with Crippen molar-refractivity contribution in [2.75, 3.05) is 7.11 Å². The van der Waals surface area contributed by atoms with E-state index in [1.807, 2.05) is 83.8 Å². The molecule has 1 heterocycles. The van der Waals surface area contributed by atoms with Crippen LogP contribution in [-0.2, 0) is 16.1 Å². The van der Waals surface area contributed by atoms with Crippen LogP contribution < -0.4 is 4.74 Å². The highest BCUT2D eigenvalue weighted by Crippen LogP contribution is 2.60. The van der Waals surface area contributed by atoms with Crippen LogP contribution in [0.5, 0.6) is 5.75 Å². The van der Waals surface area contributed by atoms with E-state index in [2.05, 4.69) is 36.4 Å². The number of rotatable bonds is 7. The highest BCUT2D eigenvalue weighted by molar-refractivity contribution is 8.01. The largest absolute Gasteiger partial charge is 0.497 e. The van der Waals surface area contributed by atoms with E-state index in [1.165, 1.54) is 0 Å². The molecule has 1 amide bonds. The van der Waals surface area contributed by atoms with Gasteiger partial charge >= 0.3 is 0 Å². The Bertz CT molecular complexity index is 1210. The Morgan fingerprint density at radius 3 is 1.97 bits per heavy atom. The van der Waals surface area contributed by atoms with E-state index in [-0.39, 0.29) is 11.9 Å². The van der Waals surface area contributed by atoms with E-state index in [4.69, 9.17) is 4.74 Å². The van der Waals surface area contributed by atoms with E-state index in [9.17, 15) is 4.79 Å². The lowest BCUT2D eigenvalue weighted by molar-refractivity contribution is -0.154. The lowest BCUT2D eigenvalue weighted by atomic mass is 9.76. The molecule has 0 spiro atoms. The number of hydrogen-bond acceptors (Lipinski definition) is 3. The molecule has 1 aliphatic heterocycles. The fourth-order valence-electron chi connectivity index (χ4n) is 4.55. The maximum Gasteiger partial charge on any atom is 0.247 e. The van der Waals surface area contributed by atoms with Gasteiger partial charge in [0.1, 0.15) is 10.5 Å². The first kappa shape index (κ1) is 21.4. The number of β-lactam (4-membered cyclic amide) rings is 1. The summed E-state index contributed by atoms with van der Waals surface area (Å²) in [5, 5.41) is 0. The molecule has 164 valence electrons. The van der Waals surface area contributed by atoms with Crippen LogP contribution in [0.1, 0.15) is 22.7 Å². The van der Waals surface area contributed by atoms with Crippen molar-refractivity contribution in [2.45, 2.75) is 22.2 Å². The van der Waals surface area contributed by atoms with Gasteiger partial charge in [0.25, 0.3) is 0 Å². The van der Waals surface area contributed by atoms with Gasteiger partial charge in [-0.25, -0.2) is 0 Å². The summed E-state index contributed by atoms with van der Waals surface area (Å²) < 4.78 is 4.63. The van der Waals surface area contributed by atoms with Crippen LogP contribution in [0.4, 0.5) is 0 Å². The van der Waals surface area contributed by atoms with E-state index in [1.54, 1.807) is 18.9 Å². The van der Waals surface area contributed by atoms with Crippen molar-refractivity contribution in [3.05, 3.63) is 132 Å². The van der Waals surface area contributed by atoms with Gasteiger partial charge in [0.15, 0.2) is 0 Å². The zero-order valence-corrected chi connectivity index (χ0v) is 19.2. The SMILES string of the molecule is COc1ccc([C@]2(Sc3ccccc3)C(=O)N(Cc3ccccc3)[C@@H]2c2ccccc2)cc1. The lowest BCUT2D eigenvalue weighted by Crippen LogP contribution is -2.63. The Hall–Kier alpha value is -3.50. The molecule has 33 heavy (non-hydrogen) atoms. The molecular weight excluding hydrogens is 426 g/mol. The molecule has 0 bridgehead atoms. The van der Waals surface area contributed by atoms with Crippen LogP contribution in [0.3, 0.4) is 0 Å². The third kappa shape index (κ3) is 3.91. The maximum absolute atomic E-state index is 14.1. The van der Waals surface area contributed by atoms with Crippen molar-refractivity contribution in [1.29, 1.82) is 0 Å². The van der Waals surface area contributed by atoms with Crippen molar-refractivity contribution in [1.82, 2.24) is 4.90 Å². The molecule has 1 fully saturated rings. The van der Waals surface area contributed by atoms with Crippen LogP contribution in [0, 0.1) is 0 Å². The van der Waals surface area contributed by atoms with Crippen LogP contribution in [0.15, 0.2) is 120 Å². The van der Waals surface area contributed by atoms with Gasteiger partial charge in [0.2, 0.25) is 5.91 Å². The predicted octanol–water partition coefficient (Wildman–Crippen LogP) is 6.47. The molecule has 0 unspecified atom stereocenters. The highest BCUT2D eigenvalue weighted by Gasteiger charge is 2.62. The van der Waals surface area contributed by atoms with Gasteiger partial charge in [-0.2, -0.15) is 0 Å². The van der Waals surface area contributed by atoms with Crippen LogP contribution in [0.25, 0.3) is 0 Å². The second-order valence-corrected chi connectivity index (χ2v) is 9.43. The molecule has 2 atom stereocenters. The zero-order chi connectivity index (χ0) is 22.7. The fourth-order valence-corrected chi connectivity index (χ4v) is 6.05. The molecule has 5 rings (SSSR count). The Morgan fingerprint density at radius 1 is 0.788 bits per heavy atom. The smallest absolute Gasteiger partial charge is 0.247 e. The van der Waals surface area contributed by atoms with Gasteiger partial charge in [0, 0.05) is 11.4 Å². The normalized spacial score (nSPS) is 19.7. The van der Waals surface area contributed by atoms with Crippen molar-refractivity contribution in [3.63, 3.8) is 0 Å². The molecule has 1 saturated heterocycles. The summed E-state index contributed by atoms with van der Waals surface area (Å²) in [7, 11) is 1.66. The number of hydrogen-bond donors (Lipinski definition) is 0. The summed E-state index contributed by atoms with van der Waals surface area (Å²) in [6.45, 7) is 0.576. The Kier molecular flexibility index (Phi) is 5.93. The average Bonchev–Trinajstić information content (AvgIpc) is 2.89. The summed E-state index contributed by atoms with van der Waals surface area (Å²) in [5.41, 5.74) is 3.24. The van der Waals surface area contributed by atoms with E-state index < -0.39 is 4.75 Å². The van der Waals surface area contributed by atoms with Crippen molar-refractivity contribution >= 4 is 17.7 Å². The lowest BCUT2D eigenvalue weighted by Gasteiger charge is -2.56. The van der Waals surface area contributed by atoms with Gasteiger partial charge in [-0.05, 0) is 41.0 Å². The van der Waals surface area contributed by atoms with E-state index in [0.29, 0.717) is 6.54 Å². The number of likely N-dealkylation sites (tertiary alicyclic amines) is 1. The first-order valence-corrected chi connectivity index (χ1v) is 11.8. The third-order valence-electron chi connectivity index (χ3n) is 6.13. The molecule has 0 saturated carbocycles. The molecule has 4 aromatic carbocycles. The van der Waals surface area contributed by atoms with Crippen LogP contribution in [0.2, 0.25) is 0 Å². The summed E-state index contributed by atoms with van der Waals surface area (Å²) in [6, 6.07) is 38.6. The number of carbonyl (C=O) groups excluding carboxylic acids is 1. The number of ether oxygens (including phenoxy) is 1. The molecule has 0 N–H and O–H groups in total. The molecule has 4 aromatic rings. The summed E-state index contributed by atoms with van der Waals surface area (Å²) in [6.07, 6.45) is 0. The predicted molar refractivity (Wildman–Crippen MR) is 133 cm³/mol. The van der Waals surface area contributed by atoms with Gasteiger partial charge < -0.3 is 9.64 Å². The monoisotopic (exact) mass is 451 g/mol. The first-order chi connectivity index (χ1) is 16.2. The minimum atomic E-state index is -0.760. The molecule has 0 aromatic heterocycles. The summed E-state index contributed by atoms with van der Waals surface area (Å²) in [4.78, 5) is 17.2. The second-order valence-electron chi connectivity index (χ2n) is 8.11. The second kappa shape index (κ2) is 9.16. The molecule has 0 radical (unpaired) electrons. The van der Waals surface area contributed by atoms with Gasteiger partial charge in [0.05, 0.1) is 13.2 Å². The molecule has 3 nitrogen and oxygen atoms in total. The summed E-state index contributed by atoms with van der Waals surface area (Å²) in [5.74, 6) is 0.905. The average molecular weight is 452 g/mol. The van der Waals surface area contributed by atoms with Crippen LogP contribution >= 0.6 is 11.8 Å². The van der Waals surface area contributed by atoms with E-state index >= 15 is 0 Å². The number of carbonyl (C=O) groups is 1. The van der Waals surface area contributed by atoms with Gasteiger partial charge in [-0.1, -0.05) is 91.0 Å². The number of methoxy groups -OCH3 is 1. The Labute approximate surface area is 199 Å². The molecule has 4 heteroatoms. The fraction of sp³-hybridized carbons (Fsp3) is 0.138. The molecule has 0 aliphatic carbocycles. The minimum absolute atomic E-state index is 0.106. The first-order valence-electron chi connectivity index (χ1n) is 11.0. The zero-order valence-electron chi connectivity index (χ0n) is 18.4. The highest BCUT2D eigenvalue weighted by atomic mass is 32.2. The topological polar surface area (TPSA) is 29.5 Å². The van der Waals surface area contributed by atoms with Gasteiger partial charge in [-0.3, -0.25) is 4.79 Å². The quantitative estimate of drug-likeness (QED) is 0.302. The number of benzene rings is 4. The minimum Gasteiger partial charge on any atom is -0.497 e. The Balaban J connectivity index is 1.64. The molecular formula is C29H25NO2S. The molecule has 1 aliphatic rings. The number of thioether (sulfide) groups is 1. The summed E-state index contributed by atoms with van der Waals surface area (Å²) >= 11 is 1.64. The van der Waals surface area contributed by atoms with Crippen molar-refractivity contribution < 1.29 is 9.53 Å².